The molecular weight excluding hydrogens is 380 g/mol. The Hall–Kier alpha value is -1.67. The molecular formula is C21H32O8. The molecule has 2 heterocycles. The molecule has 29 heavy (non-hydrogen) atoms. The lowest BCUT2D eigenvalue weighted by molar-refractivity contribution is -0.165. The molecule has 1 aliphatic carbocycles. The maximum atomic E-state index is 11.9. The van der Waals surface area contributed by atoms with Gasteiger partial charge in [-0.2, -0.15) is 0 Å². The highest BCUT2D eigenvalue weighted by Crippen LogP contribution is 2.54. The first-order valence-electron chi connectivity index (χ1n) is 10.2. The van der Waals surface area contributed by atoms with E-state index in [-0.39, 0.29) is 17.9 Å². The van der Waals surface area contributed by atoms with Gasteiger partial charge in [0, 0.05) is 39.5 Å². The van der Waals surface area contributed by atoms with Crippen molar-refractivity contribution in [2.45, 2.75) is 103 Å². The number of hydrogen-bond acceptors (Lipinski definition) is 8. The topological polar surface area (TPSA) is 104 Å². The smallest absolute Gasteiger partial charge is 0.303 e. The van der Waals surface area contributed by atoms with Crippen LogP contribution in [0.3, 0.4) is 0 Å². The van der Waals surface area contributed by atoms with Crippen LogP contribution in [0.2, 0.25) is 0 Å². The largest absolute Gasteiger partial charge is 0.462 e. The molecule has 8 nitrogen and oxygen atoms in total. The average molecular weight is 412 g/mol. The summed E-state index contributed by atoms with van der Waals surface area (Å²) < 4.78 is 29.0. The van der Waals surface area contributed by atoms with E-state index in [0.29, 0.717) is 12.8 Å². The minimum absolute atomic E-state index is 0.0320. The Morgan fingerprint density at radius 2 is 1.52 bits per heavy atom. The van der Waals surface area contributed by atoms with E-state index in [4.69, 9.17) is 23.7 Å². The second-order valence-electron chi connectivity index (χ2n) is 9.22. The molecule has 164 valence electrons. The lowest BCUT2D eigenvalue weighted by atomic mass is 9.75. The maximum absolute atomic E-state index is 11.9. The Morgan fingerprint density at radius 1 is 0.931 bits per heavy atom. The van der Waals surface area contributed by atoms with Crippen molar-refractivity contribution in [3.05, 3.63) is 0 Å². The molecule has 8 heteroatoms. The van der Waals surface area contributed by atoms with E-state index in [1.807, 2.05) is 27.7 Å². The minimum Gasteiger partial charge on any atom is -0.462 e. The summed E-state index contributed by atoms with van der Waals surface area (Å²) in [6.45, 7) is 11.9. The molecule has 0 spiro atoms. The molecule has 0 N–H and O–H groups in total. The summed E-state index contributed by atoms with van der Waals surface area (Å²) in [4.78, 5) is 35.5. The van der Waals surface area contributed by atoms with Crippen molar-refractivity contribution in [3.8, 4) is 0 Å². The van der Waals surface area contributed by atoms with E-state index < -0.39 is 53.5 Å². The third-order valence-corrected chi connectivity index (χ3v) is 6.40. The van der Waals surface area contributed by atoms with E-state index in [2.05, 4.69) is 0 Å². The Bertz CT molecular complexity index is 690. The number of carbonyl (C=O) groups excluding carboxylic acids is 3. The van der Waals surface area contributed by atoms with Gasteiger partial charge in [0.2, 0.25) is 0 Å². The zero-order chi connectivity index (χ0) is 21.7. The number of hydrogen-bond donors (Lipinski definition) is 0. The molecule has 2 aliphatic heterocycles. The molecule has 2 unspecified atom stereocenters. The Labute approximate surface area is 171 Å². The van der Waals surface area contributed by atoms with Gasteiger partial charge < -0.3 is 23.7 Å². The third-order valence-electron chi connectivity index (χ3n) is 6.40. The summed E-state index contributed by atoms with van der Waals surface area (Å²) in [5.74, 6) is -1.49. The second kappa shape index (κ2) is 7.54. The van der Waals surface area contributed by atoms with E-state index in [9.17, 15) is 14.4 Å². The average Bonchev–Trinajstić information content (AvgIpc) is 3.40. The second-order valence-corrected chi connectivity index (χ2v) is 9.22. The summed E-state index contributed by atoms with van der Waals surface area (Å²) in [5.41, 5.74) is -1.31. The lowest BCUT2D eigenvalue weighted by Gasteiger charge is -2.37. The molecule has 3 fully saturated rings. The van der Waals surface area contributed by atoms with Gasteiger partial charge >= 0.3 is 17.9 Å². The van der Waals surface area contributed by atoms with Gasteiger partial charge in [0.25, 0.3) is 0 Å². The molecule has 8 atom stereocenters. The number of ether oxygens (including phenoxy) is 5. The molecule has 3 aliphatic rings. The van der Waals surface area contributed by atoms with Crippen molar-refractivity contribution in [2.24, 2.45) is 11.8 Å². The number of epoxide rings is 2. The molecule has 0 aromatic heterocycles. The van der Waals surface area contributed by atoms with Crippen LogP contribution in [-0.2, 0) is 38.1 Å². The Balaban J connectivity index is 2.01. The quantitative estimate of drug-likeness (QED) is 0.393. The number of rotatable bonds is 4. The van der Waals surface area contributed by atoms with Crippen molar-refractivity contribution in [1.29, 1.82) is 0 Å². The minimum atomic E-state index is -0.802. The fraction of sp³-hybridized carbons (Fsp3) is 0.857. The van der Waals surface area contributed by atoms with Gasteiger partial charge in [-0.15, -0.1) is 0 Å². The Kier molecular flexibility index (Phi) is 5.73. The molecule has 0 amide bonds. The number of carbonyl (C=O) groups is 3. The van der Waals surface area contributed by atoms with Crippen LogP contribution in [-0.4, -0.2) is 59.6 Å². The molecule has 3 rings (SSSR count). The van der Waals surface area contributed by atoms with Crippen LogP contribution in [0, 0.1) is 11.8 Å². The molecule has 0 bridgehead atoms. The van der Waals surface area contributed by atoms with Crippen molar-refractivity contribution in [2.75, 3.05) is 0 Å². The van der Waals surface area contributed by atoms with Crippen LogP contribution in [0.4, 0.5) is 0 Å². The highest BCUT2D eigenvalue weighted by Gasteiger charge is 2.69. The van der Waals surface area contributed by atoms with Crippen LogP contribution < -0.4 is 0 Å². The normalized spacial score (nSPS) is 43.4. The monoisotopic (exact) mass is 412 g/mol. The van der Waals surface area contributed by atoms with Crippen LogP contribution >= 0.6 is 0 Å². The maximum Gasteiger partial charge on any atom is 0.303 e. The first-order valence-corrected chi connectivity index (χ1v) is 10.2. The fourth-order valence-electron chi connectivity index (χ4n) is 4.88. The van der Waals surface area contributed by atoms with Crippen LogP contribution in [0.15, 0.2) is 0 Å². The van der Waals surface area contributed by atoms with E-state index in [0.717, 1.165) is 0 Å². The zero-order valence-corrected chi connectivity index (χ0v) is 18.2. The third kappa shape index (κ3) is 4.43. The molecule has 0 aromatic carbocycles. The SMILES string of the molecule is CC(=O)O[C@@H]1C(C(C)C)[C@@H](OC(C)=O)C[C@@]2(C)O[C@H]2C[C@H](OC(C)=O)[C@]2(C)OC12. The fourth-order valence-corrected chi connectivity index (χ4v) is 4.88. The predicted molar refractivity (Wildman–Crippen MR) is 101 cm³/mol. The summed E-state index contributed by atoms with van der Waals surface area (Å²) in [7, 11) is 0. The van der Waals surface area contributed by atoms with E-state index in [1.165, 1.54) is 20.8 Å². The lowest BCUT2D eigenvalue weighted by Crippen LogP contribution is -2.49. The van der Waals surface area contributed by atoms with Crippen molar-refractivity contribution >= 4 is 17.9 Å². The molecule has 1 saturated carbocycles. The summed E-state index contributed by atoms with van der Waals surface area (Å²) in [5, 5.41) is 0. The summed E-state index contributed by atoms with van der Waals surface area (Å²) in [6.07, 6.45) is -1.32. The first-order chi connectivity index (χ1) is 13.4. The van der Waals surface area contributed by atoms with Gasteiger partial charge in [-0.3, -0.25) is 14.4 Å². The van der Waals surface area contributed by atoms with Gasteiger partial charge in [0.1, 0.15) is 30.0 Å². The zero-order valence-electron chi connectivity index (χ0n) is 18.2. The Morgan fingerprint density at radius 3 is 2.03 bits per heavy atom. The van der Waals surface area contributed by atoms with Gasteiger partial charge in [-0.05, 0) is 19.8 Å². The van der Waals surface area contributed by atoms with Crippen LogP contribution in [0.25, 0.3) is 0 Å². The van der Waals surface area contributed by atoms with Gasteiger partial charge in [0.05, 0.1) is 11.7 Å². The standard InChI is InChI=1S/C21H32O8/c1-10(2)17-14(25-11(3)22)9-20(6)15(28-20)8-16(26-12(4)23)21(7)19(29-21)18(17)27-13(5)24/h10,14-19H,8-9H2,1-7H3/t14-,15-,16-,17?,18+,19?,20+,21-/m0/s1. The van der Waals surface area contributed by atoms with Gasteiger partial charge in [-0.1, -0.05) is 13.8 Å². The first kappa shape index (κ1) is 22.0. The van der Waals surface area contributed by atoms with E-state index in [1.54, 1.807) is 0 Å². The molecule has 0 aromatic rings. The van der Waals surface area contributed by atoms with E-state index >= 15 is 0 Å². The predicted octanol–water partition coefficient (Wildman–Crippen LogP) is 2.16. The summed E-state index contributed by atoms with van der Waals surface area (Å²) >= 11 is 0. The highest BCUT2D eigenvalue weighted by atomic mass is 16.7. The highest BCUT2D eigenvalue weighted by molar-refractivity contribution is 5.67. The number of fused-ring (bicyclic) bond motifs is 2. The molecule has 0 radical (unpaired) electrons. The van der Waals surface area contributed by atoms with Crippen molar-refractivity contribution < 1.29 is 38.1 Å². The van der Waals surface area contributed by atoms with Crippen molar-refractivity contribution in [1.82, 2.24) is 0 Å². The van der Waals surface area contributed by atoms with Gasteiger partial charge in [-0.25, -0.2) is 0 Å². The summed E-state index contributed by atoms with van der Waals surface area (Å²) in [6, 6.07) is 0. The molecule has 2 saturated heterocycles. The van der Waals surface area contributed by atoms with Crippen LogP contribution in [0.1, 0.15) is 61.3 Å². The van der Waals surface area contributed by atoms with Crippen molar-refractivity contribution in [3.63, 3.8) is 0 Å². The van der Waals surface area contributed by atoms with Gasteiger partial charge in [0.15, 0.2) is 0 Å². The van der Waals surface area contributed by atoms with Crippen LogP contribution in [0.5, 0.6) is 0 Å². The number of esters is 3.